The zero-order valence-electron chi connectivity index (χ0n) is 20.3. The van der Waals surface area contributed by atoms with E-state index in [2.05, 4.69) is 31.0 Å². The number of rotatable bonds is 5. The van der Waals surface area contributed by atoms with Crippen molar-refractivity contribution >= 4 is 40.4 Å². The Labute approximate surface area is 204 Å². The first-order valence-corrected chi connectivity index (χ1v) is 13.5. The average molecular weight is 483 g/mol. The molecule has 2 aliphatic rings. The molecule has 2 saturated heterocycles. The van der Waals surface area contributed by atoms with Crippen molar-refractivity contribution in [2.45, 2.75) is 89.1 Å². The third kappa shape index (κ3) is 4.19. The number of likely N-dealkylation sites (tertiary alicyclic amines) is 2. The quantitative estimate of drug-likeness (QED) is 0.515. The van der Waals surface area contributed by atoms with E-state index in [-0.39, 0.29) is 30.4 Å². The van der Waals surface area contributed by atoms with Gasteiger partial charge in [-0.1, -0.05) is 23.9 Å². The molecule has 2 aromatic heterocycles. The van der Waals surface area contributed by atoms with E-state index in [0.717, 1.165) is 43.3 Å². The molecular weight excluding hydrogens is 448 g/mol. The molecule has 3 aromatic rings. The molecular formula is C25H34N6O2S. The molecule has 2 fully saturated rings. The molecule has 8 nitrogen and oxygen atoms in total. The molecule has 34 heavy (non-hydrogen) atoms. The second kappa shape index (κ2) is 9.60. The lowest BCUT2D eigenvalue weighted by Gasteiger charge is -2.39. The first-order chi connectivity index (χ1) is 16.5. The van der Waals surface area contributed by atoms with Crippen molar-refractivity contribution < 1.29 is 9.59 Å². The van der Waals surface area contributed by atoms with E-state index in [1.165, 1.54) is 24.6 Å². The summed E-state index contributed by atoms with van der Waals surface area (Å²) in [6, 6.07) is 8.82. The second-order valence-corrected chi connectivity index (χ2v) is 10.8. The van der Waals surface area contributed by atoms with Crippen LogP contribution in [0.15, 0.2) is 29.4 Å². The van der Waals surface area contributed by atoms with Crippen LogP contribution in [0.2, 0.25) is 0 Å². The molecule has 0 aliphatic carbocycles. The first kappa shape index (κ1) is 23.2. The summed E-state index contributed by atoms with van der Waals surface area (Å²) in [5.41, 5.74) is 1.91. The maximum absolute atomic E-state index is 13.4. The minimum atomic E-state index is 0.120. The lowest BCUT2D eigenvalue weighted by Crippen LogP contribution is -2.48. The third-order valence-corrected chi connectivity index (χ3v) is 8.41. The fraction of sp³-hybridized carbons (Fsp3) is 0.600. The Morgan fingerprint density at radius 3 is 2.35 bits per heavy atom. The number of carbonyl (C=O) groups excluding carboxylic acids is 2. The van der Waals surface area contributed by atoms with E-state index in [1.807, 2.05) is 43.0 Å². The number of benzene rings is 1. The summed E-state index contributed by atoms with van der Waals surface area (Å²) in [6.07, 6.45) is 6.60. The maximum atomic E-state index is 13.4. The van der Waals surface area contributed by atoms with E-state index in [4.69, 9.17) is 0 Å². The number of imidazole rings is 1. The summed E-state index contributed by atoms with van der Waals surface area (Å²) in [4.78, 5) is 30.3. The predicted octanol–water partition coefficient (Wildman–Crippen LogP) is 3.97. The van der Waals surface area contributed by atoms with Crippen molar-refractivity contribution in [1.29, 1.82) is 0 Å². The van der Waals surface area contributed by atoms with E-state index < -0.39 is 0 Å². The number of carbonyl (C=O) groups is 2. The summed E-state index contributed by atoms with van der Waals surface area (Å²) >= 11 is 1.43. The number of nitrogens with zero attached hydrogens (tertiary/aromatic N) is 6. The number of para-hydroxylation sites is 2. The van der Waals surface area contributed by atoms with Crippen LogP contribution >= 0.6 is 11.8 Å². The Balaban J connectivity index is 1.41. The molecule has 0 saturated carbocycles. The SMILES string of the molecule is C[C@H]1CCCCN1C(=O)CSc1nnc2n(CC(=O)N3[C@@H](C)CCC[C@@H]3C)c3ccccc3n12. The molecule has 182 valence electrons. The number of hydrogen-bond acceptors (Lipinski definition) is 5. The van der Waals surface area contributed by atoms with E-state index >= 15 is 0 Å². The van der Waals surface area contributed by atoms with Crippen molar-refractivity contribution in [3.05, 3.63) is 24.3 Å². The highest BCUT2D eigenvalue weighted by atomic mass is 32.2. The average Bonchev–Trinajstić information content (AvgIpc) is 3.37. The Hall–Kier alpha value is -2.55. The van der Waals surface area contributed by atoms with Crippen LogP contribution in [0.3, 0.4) is 0 Å². The van der Waals surface area contributed by atoms with Gasteiger partial charge in [-0.25, -0.2) is 0 Å². The minimum Gasteiger partial charge on any atom is -0.339 e. The highest BCUT2D eigenvalue weighted by Gasteiger charge is 2.30. The van der Waals surface area contributed by atoms with Gasteiger partial charge in [0.2, 0.25) is 17.6 Å². The van der Waals surface area contributed by atoms with Gasteiger partial charge in [0, 0.05) is 24.7 Å². The van der Waals surface area contributed by atoms with Crippen LogP contribution in [0, 0.1) is 0 Å². The molecule has 4 heterocycles. The molecule has 3 atom stereocenters. The summed E-state index contributed by atoms with van der Waals surface area (Å²) in [6.45, 7) is 7.49. The monoisotopic (exact) mass is 482 g/mol. The highest BCUT2D eigenvalue weighted by Crippen LogP contribution is 2.28. The van der Waals surface area contributed by atoms with E-state index in [1.54, 1.807) is 0 Å². The van der Waals surface area contributed by atoms with Gasteiger partial charge in [0.1, 0.15) is 6.54 Å². The lowest BCUT2D eigenvalue weighted by molar-refractivity contribution is -0.137. The molecule has 0 N–H and O–H groups in total. The summed E-state index contributed by atoms with van der Waals surface area (Å²) in [5.74, 6) is 1.26. The molecule has 0 radical (unpaired) electrons. The zero-order valence-corrected chi connectivity index (χ0v) is 21.1. The van der Waals surface area contributed by atoms with Gasteiger partial charge in [-0.05, 0) is 71.4 Å². The van der Waals surface area contributed by atoms with E-state index in [0.29, 0.717) is 22.7 Å². The number of amides is 2. The topological polar surface area (TPSA) is 75.7 Å². The van der Waals surface area contributed by atoms with Crippen molar-refractivity contribution in [1.82, 2.24) is 29.0 Å². The Morgan fingerprint density at radius 1 is 0.912 bits per heavy atom. The molecule has 5 rings (SSSR count). The van der Waals surface area contributed by atoms with Crippen LogP contribution in [0.5, 0.6) is 0 Å². The smallest absolute Gasteiger partial charge is 0.243 e. The largest absolute Gasteiger partial charge is 0.339 e. The standard InChI is InChI=1S/C25H34N6O2S/c1-17-9-6-7-14-28(17)23(33)16-34-25-27-26-24-29(20-12-4-5-13-21(20)31(24)25)15-22(32)30-18(2)10-8-11-19(30)3/h4-5,12-13,17-19H,6-11,14-16H2,1-3H3/t17-,18-,19-/m0/s1. The maximum Gasteiger partial charge on any atom is 0.243 e. The van der Waals surface area contributed by atoms with Gasteiger partial charge in [-0.3, -0.25) is 18.6 Å². The Bertz CT molecular complexity index is 1190. The van der Waals surface area contributed by atoms with Crippen LogP contribution in [0.4, 0.5) is 0 Å². The Morgan fingerprint density at radius 2 is 1.62 bits per heavy atom. The lowest BCUT2D eigenvalue weighted by atomic mass is 9.97. The molecule has 2 amide bonds. The van der Waals surface area contributed by atoms with Crippen LogP contribution in [0.1, 0.15) is 59.3 Å². The molecule has 0 bridgehead atoms. The Kier molecular flexibility index (Phi) is 6.55. The molecule has 1 aromatic carbocycles. The summed E-state index contributed by atoms with van der Waals surface area (Å²) < 4.78 is 3.96. The van der Waals surface area contributed by atoms with Gasteiger partial charge in [0.25, 0.3) is 0 Å². The van der Waals surface area contributed by atoms with Crippen LogP contribution in [-0.4, -0.2) is 71.2 Å². The van der Waals surface area contributed by atoms with Crippen molar-refractivity contribution in [2.75, 3.05) is 12.3 Å². The highest BCUT2D eigenvalue weighted by molar-refractivity contribution is 7.99. The van der Waals surface area contributed by atoms with Gasteiger partial charge in [-0.2, -0.15) is 0 Å². The first-order valence-electron chi connectivity index (χ1n) is 12.5. The molecule has 0 spiro atoms. The number of piperidine rings is 2. The van der Waals surface area contributed by atoms with Gasteiger partial charge >= 0.3 is 0 Å². The van der Waals surface area contributed by atoms with Gasteiger partial charge in [0.15, 0.2) is 5.16 Å². The van der Waals surface area contributed by atoms with Crippen LogP contribution < -0.4 is 0 Å². The van der Waals surface area contributed by atoms with Gasteiger partial charge in [-0.15, -0.1) is 10.2 Å². The molecule has 2 aliphatic heterocycles. The zero-order chi connectivity index (χ0) is 23.8. The number of thioether (sulfide) groups is 1. The number of aromatic nitrogens is 4. The van der Waals surface area contributed by atoms with Crippen molar-refractivity contribution in [3.63, 3.8) is 0 Å². The van der Waals surface area contributed by atoms with Crippen molar-refractivity contribution in [3.8, 4) is 0 Å². The minimum absolute atomic E-state index is 0.120. The third-order valence-electron chi connectivity index (χ3n) is 7.49. The normalized spacial score (nSPS) is 23.7. The fourth-order valence-corrected chi connectivity index (χ4v) is 6.52. The summed E-state index contributed by atoms with van der Waals surface area (Å²) in [7, 11) is 0. The molecule has 0 unspecified atom stereocenters. The van der Waals surface area contributed by atoms with Gasteiger partial charge < -0.3 is 9.80 Å². The fourth-order valence-electron chi connectivity index (χ4n) is 5.69. The van der Waals surface area contributed by atoms with Crippen LogP contribution in [0.25, 0.3) is 16.8 Å². The number of fused-ring (bicyclic) bond motifs is 3. The van der Waals surface area contributed by atoms with Crippen molar-refractivity contribution in [2.24, 2.45) is 0 Å². The predicted molar refractivity (Wildman–Crippen MR) is 134 cm³/mol. The second-order valence-electron chi connectivity index (χ2n) is 9.84. The van der Waals surface area contributed by atoms with Crippen LogP contribution in [-0.2, 0) is 16.1 Å². The number of hydrogen-bond donors (Lipinski definition) is 0. The molecule has 9 heteroatoms. The van der Waals surface area contributed by atoms with Gasteiger partial charge in [0.05, 0.1) is 16.8 Å². The van der Waals surface area contributed by atoms with E-state index in [9.17, 15) is 9.59 Å². The summed E-state index contributed by atoms with van der Waals surface area (Å²) in [5, 5.41) is 9.56.